The summed E-state index contributed by atoms with van der Waals surface area (Å²) >= 11 is 5.82. The van der Waals surface area contributed by atoms with E-state index >= 15 is 0 Å². The molecule has 0 spiro atoms. The van der Waals surface area contributed by atoms with Gasteiger partial charge >= 0.3 is 0 Å². The molecule has 1 aliphatic heterocycles. The van der Waals surface area contributed by atoms with Gasteiger partial charge in [-0.05, 0) is 38.0 Å². The maximum atomic E-state index is 14.8. The van der Waals surface area contributed by atoms with Gasteiger partial charge in [0.05, 0.1) is 23.3 Å². The average Bonchev–Trinajstić information content (AvgIpc) is 3.36. The summed E-state index contributed by atoms with van der Waals surface area (Å²) in [5.41, 5.74) is 2.01. The number of carbonyl (C=O) groups is 3. The van der Waals surface area contributed by atoms with Crippen LogP contribution in [-0.4, -0.2) is 63.9 Å². The van der Waals surface area contributed by atoms with Crippen molar-refractivity contribution < 1.29 is 27.9 Å². The summed E-state index contributed by atoms with van der Waals surface area (Å²) in [5.74, 6) is -1.71. The Hall–Kier alpha value is -3.17. The molecular formula is C26H26ClF2N3O4. The highest BCUT2D eigenvalue weighted by Gasteiger charge is 2.48. The third-order valence-electron chi connectivity index (χ3n) is 6.56. The third kappa shape index (κ3) is 4.90. The van der Waals surface area contributed by atoms with Crippen LogP contribution < -0.4 is 0 Å². The Bertz CT molecular complexity index is 1340. The number of nitrogens with zero attached hydrogens (tertiary/aromatic N) is 3. The first-order chi connectivity index (χ1) is 17.1. The quantitative estimate of drug-likeness (QED) is 0.420. The number of likely N-dealkylation sites (tertiary alicyclic amines) is 1. The van der Waals surface area contributed by atoms with Crippen LogP contribution in [0.2, 0.25) is 5.02 Å². The van der Waals surface area contributed by atoms with Gasteiger partial charge in [0.15, 0.2) is 11.6 Å². The van der Waals surface area contributed by atoms with Crippen molar-refractivity contribution in [3.8, 4) is 0 Å². The fourth-order valence-corrected chi connectivity index (χ4v) is 4.95. The van der Waals surface area contributed by atoms with Crippen molar-refractivity contribution in [2.24, 2.45) is 0 Å². The summed E-state index contributed by atoms with van der Waals surface area (Å²) in [5, 5.41) is 0.614. The predicted octanol–water partition coefficient (Wildman–Crippen LogP) is 4.11. The minimum Gasteiger partial charge on any atom is -0.376 e. The van der Waals surface area contributed by atoms with Crippen LogP contribution in [0.25, 0.3) is 10.9 Å². The number of methoxy groups -OCH3 is 1. The lowest BCUT2D eigenvalue weighted by Crippen LogP contribution is -2.47. The Morgan fingerprint density at radius 1 is 1.28 bits per heavy atom. The van der Waals surface area contributed by atoms with E-state index in [2.05, 4.69) is 4.98 Å². The second-order valence-electron chi connectivity index (χ2n) is 8.96. The van der Waals surface area contributed by atoms with E-state index in [1.807, 2.05) is 0 Å². The van der Waals surface area contributed by atoms with Crippen molar-refractivity contribution in [3.05, 3.63) is 64.3 Å². The molecule has 0 bridgehead atoms. The zero-order valence-electron chi connectivity index (χ0n) is 20.1. The topological polar surface area (TPSA) is 81.5 Å². The number of halogens is 3. The van der Waals surface area contributed by atoms with Crippen LogP contribution in [0.1, 0.15) is 35.0 Å². The Morgan fingerprint density at radius 3 is 2.72 bits per heavy atom. The zero-order valence-corrected chi connectivity index (χ0v) is 20.9. The number of hydrogen-bond acceptors (Lipinski definition) is 5. The molecule has 36 heavy (non-hydrogen) atoms. The average molecular weight is 518 g/mol. The van der Waals surface area contributed by atoms with Gasteiger partial charge < -0.3 is 14.2 Å². The molecule has 0 unspecified atom stereocenters. The van der Waals surface area contributed by atoms with Gasteiger partial charge in [0, 0.05) is 36.4 Å². The highest BCUT2D eigenvalue weighted by molar-refractivity contribution is 6.30. The maximum Gasteiger partial charge on any atom is 0.243 e. The van der Waals surface area contributed by atoms with Gasteiger partial charge in [0.1, 0.15) is 30.7 Å². The van der Waals surface area contributed by atoms with Crippen molar-refractivity contribution in [2.75, 3.05) is 13.7 Å². The lowest BCUT2D eigenvalue weighted by atomic mass is 9.99. The predicted molar refractivity (Wildman–Crippen MR) is 130 cm³/mol. The smallest absolute Gasteiger partial charge is 0.243 e. The number of benzene rings is 1. The van der Waals surface area contributed by atoms with Gasteiger partial charge in [-0.15, -0.1) is 0 Å². The molecule has 1 amide bonds. The number of amides is 1. The highest BCUT2D eigenvalue weighted by atomic mass is 35.5. The molecule has 3 aromatic rings. The number of fused-ring (bicyclic) bond motifs is 1. The zero-order chi connectivity index (χ0) is 26.1. The van der Waals surface area contributed by atoms with Crippen LogP contribution in [0.5, 0.6) is 0 Å². The van der Waals surface area contributed by atoms with Crippen LogP contribution in [0.15, 0.2) is 36.7 Å². The van der Waals surface area contributed by atoms with Gasteiger partial charge in [0.2, 0.25) is 5.91 Å². The molecule has 2 aromatic heterocycles. The number of hydrogen-bond donors (Lipinski definition) is 0. The number of ether oxygens (including phenoxy) is 1. The second kappa shape index (κ2) is 10.4. The number of Topliss-reactive ketones (excluding diaryl/α,β-unsaturated/α-hetero) is 2. The molecule has 0 aliphatic carbocycles. The standard InChI is InChI=1S/C26H26ClF2N3O4/c1-14-9-17-18(15(2)33)11-31(21(17)10-30-14)13-23(35)32-12-20(28)26(36-3)25(32)22(34)8-7-16-5-4-6-19(27)24(16)29/h4-6,9-11,20,25-26H,7-8,12-13H2,1-3H3/t20-,25+,26+/m0/s1. The molecule has 3 atom stereocenters. The molecule has 0 saturated carbocycles. The van der Waals surface area contributed by atoms with E-state index in [4.69, 9.17) is 16.3 Å². The number of alkyl halides is 1. The molecular weight excluding hydrogens is 492 g/mol. The van der Waals surface area contributed by atoms with Crippen LogP contribution >= 0.6 is 11.6 Å². The molecule has 3 heterocycles. The summed E-state index contributed by atoms with van der Waals surface area (Å²) in [4.78, 5) is 44.1. The first-order valence-electron chi connectivity index (χ1n) is 11.5. The van der Waals surface area contributed by atoms with Gasteiger partial charge in [0.25, 0.3) is 0 Å². The molecule has 7 nitrogen and oxygen atoms in total. The van der Waals surface area contributed by atoms with E-state index in [1.165, 1.54) is 31.1 Å². The van der Waals surface area contributed by atoms with Gasteiger partial charge in [-0.25, -0.2) is 8.78 Å². The highest BCUT2D eigenvalue weighted by Crippen LogP contribution is 2.28. The number of aromatic nitrogens is 2. The summed E-state index contributed by atoms with van der Waals surface area (Å²) in [7, 11) is 1.29. The van der Waals surface area contributed by atoms with Crippen molar-refractivity contribution in [2.45, 2.75) is 51.6 Å². The van der Waals surface area contributed by atoms with Crippen LogP contribution in [0, 0.1) is 12.7 Å². The summed E-state index contributed by atoms with van der Waals surface area (Å²) in [6.07, 6.45) is 0.376. The van der Waals surface area contributed by atoms with E-state index in [9.17, 15) is 23.2 Å². The number of rotatable bonds is 8. The summed E-state index contributed by atoms with van der Waals surface area (Å²) < 4.78 is 35.9. The minimum atomic E-state index is -1.56. The van der Waals surface area contributed by atoms with E-state index in [0.717, 1.165) is 5.69 Å². The molecule has 10 heteroatoms. The van der Waals surface area contributed by atoms with Crippen molar-refractivity contribution >= 4 is 40.0 Å². The molecule has 0 N–H and O–H groups in total. The maximum absolute atomic E-state index is 14.8. The van der Waals surface area contributed by atoms with E-state index < -0.39 is 35.8 Å². The minimum absolute atomic E-state index is 0.0480. The first kappa shape index (κ1) is 25.9. The Kier molecular flexibility index (Phi) is 7.51. The van der Waals surface area contributed by atoms with Crippen LogP contribution in [0.4, 0.5) is 8.78 Å². The van der Waals surface area contributed by atoms with Crippen molar-refractivity contribution in [1.29, 1.82) is 0 Å². The van der Waals surface area contributed by atoms with Crippen molar-refractivity contribution in [3.63, 3.8) is 0 Å². The molecule has 1 saturated heterocycles. The lowest BCUT2D eigenvalue weighted by molar-refractivity contribution is -0.140. The second-order valence-corrected chi connectivity index (χ2v) is 9.36. The fraction of sp³-hybridized carbons (Fsp3) is 0.385. The first-order valence-corrected chi connectivity index (χ1v) is 11.9. The summed E-state index contributed by atoms with van der Waals surface area (Å²) in [6, 6.07) is 5.13. The number of pyridine rings is 1. The third-order valence-corrected chi connectivity index (χ3v) is 6.85. The van der Waals surface area contributed by atoms with Crippen LogP contribution in [-0.2, 0) is 27.3 Å². The van der Waals surface area contributed by atoms with Gasteiger partial charge in [-0.3, -0.25) is 19.4 Å². The number of carbonyl (C=O) groups excluding carboxylic acids is 3. The molecule has 1 aromatic carbocycles. The fourth-order valence-electron chi connectivity index (χ4n) is 4.76. The van der Waals surface area contributed by atoms with E-state index in [0.29, 0.717) is 16.5 Å². The SMILES string of the molecule is CO[C@H]1[C@@H](C(=O)CCc2cccc(Cl)c2F)N(C(=O)Cn2cc(C(C)=O)c3cc(C)ncc32)C[C@@H]1F. The van der Waals surface area contributed by atoms with E-state index in [1.54, 1.807) is 36.0 Å². The van der Waals surface area contributed by atoms with Gasteiger partial charge in [-0.1, -0.05) is 23.7 Å². The van der Waals surface area contributed by atoms with E-state index in [-0.39, 0.29) is 42.3 Å². The normalized spacial score (nSPS) is 19.7. The largest absolute Gasteiger partial charge is 0.376 e. The Labute approximate surface area is 212 Å². The molecule has 1 fully saturated rings. The molecule has 190 valence electrons. The monoisotopic (exact) mass is 517 g/mol. The molecule has 4 rings (SSSR count). The summed E-state index contributed by atoms with van der Waals surface area (Å²) in [6.45, 7) is 2.71. The number of ketones is 2. The Morgan fingerprint density at radius 2 is 2.03 bits per heavy atom. The lowest BCUT2D eigenvalue weighted by Gasteiger charge is -2.26. The molecule has 0 radical (unpaired) electrons. The molecule has 1 aliphatic rings. The Balaban J connectivity index is 1.58. The van der Waals surface area contributed by atoms with Crippen LogP contribution in [0.3, 0.4) is 0 Å². The van der Waals surface area contributed by atoms with Crippen molar-refractivity contribution in [1.82, 2.24) is 14.5 Å². The number of aryl methyl sites for hydroxylation is 2. The van der Waals surface area contributed by atoms with Gasteiger partial charge in [-0.2, -0.15) is 0 Å².